The van der Waals surface area contributed by atoms with Crippen LogP contribution in [0.1, 0.15) is 31.4 Å². The van der Waals surface area contributed by atoms with Gasteiger partial charge in [-0.2, -0.15) is 0 Å². The molecule has 0 heterocycles. The van der Waals surface area contributed by atoms with E-state index in [1.807, 2.05) is 32.2 Å². The van der Waals surface area contributed by atoms with E-state index in [0.717, 1.165) is 29.7 Å². The second-order valence-electron chi connectivity index (χ2n) is 3.52. The van der Waals surface area contributed by atoms with Crippen molar-refractivity contribution >= 4 is 11.8 Å². The molecular weight excluding hydrogens is 186 g/mol. The van der Waals surface area contributed by atoms with Gasteiger partial charge in [-0.3, -0.25) is 0 Å². The van der Waals surface area contributed by atoms with Crippen molar-refractivity contribution in [1.29, 1.82) is 0 Å². The molecule has 2 heteroatoms. The number of nitrogens with one attached hydrogen (secondary N) is 1. The lowest BCUT2D eigenvalue weighted by atomic mass is 9.99. The third kappa shape index (κ3) is 2.52. The van der Waals surface area contributed by atoms with E-state index in [9.17, 15) is 5.11 Å². The predicted molar refractivity (Wildman–Crippen MR) is 66.4 cm³/mol. The third-order valence-corrected chi connectivity index (χ3v) is 2.44. The number of hydrogen-bond donors (Lipinski definition) is 2. The van der Waals surface area contributed by atoms with Crippen molar-refractivity contribution in [3.63, 3.8) is 0 Å². The maximum Gasteiger partial charge on any atom is 0.119 e. The summed E-state index contributed by atoms with van der Waals surface area (Å²) in [7, 11) is 1.90. The summed E-state index contributed by atoms with van der Waals surface area (Å²) in [5.41, 5.74) is 3.19. The van der Waals surface area contributed by atoms with Gasteiger partial charge in [-0.1, -0.05) is 25.5 Å². The third-order valence-electron chi connectivity index (χ3n) is 2.44. The van der Waals surface area contributed by atoms with Crippen LogP contribution in [0.3, 0.4) is 0 Å². The van der Waals surface area contributed by atoms with Crippen molar-refractivity contribution in [2.45, 2.75) is 26.7 Å². The van der Waals surface area contributed by atoms with Crippen LogP contribution >= 0.6 is 0 Å². The van der Waals surface area contributed by atoms with Gasteiger partial charge in [0.1, 0.15) is 5.75 Å². The van der Waals surface area contributed by atoms with Gasteiger partial charge in [0.05, 0.1) is 0 Å². The fraction of sp³-hybridized carbons (Fsp3) is 0.385. The molecule has 1 aromatic rings. The number of phenolic OH excluding ortho intramolecular Hbond substituents is 1. The van der Waals surface area contributed by atoms with Crippen LogP contribution in [0.25, 0.3) is 6.08 Å². The zero-order valence-corrected chi connectivity index (χ0v) is 9.67. The smallest absolute Gasteiger partial charge is 0.119 e. The number of anilines is 1. The minimum absolute atomic E-state index is 0.393. The summed E-state index contributed by atoms with van der Waals surface area (Å²) in [4.78, 5) is 0. The molecule has 1 rings (SSSR count). The van der Waals surface area contributed by atoms with Crippen molar-refractivity contribution in [2.75, 3.05) is 12.4 Å². The molecule has 0 aliphatic heterocycles. The summed E-state index contributed by atoms with van der Waals surface area (Å²) in [5, 5.41) is 13.0. The molecule has 0 unspecified atom stereocenters. The second kappa shape index (κ2) is 5.44. The highest BCUT2D eigenvalue weighted by Gasteiger charge is 2.08. The van der Waals surface area contributed by atoms with E-state index in [1.165, 1.54) is 0 Å². The molecule has 0 aliphatic rings. The van der Waals surface area contributed by atoms with Crippen LogP contribution in [0.5, 0.6) is 5.75 Å². The summed E-state index contributed by atoms with van der Waals surface area (Å²) >= 11 is 0. The lowest BCUT2D eigenvalue weighted by Crippen LogP contribution is -1.97. The lowest BCUT2D eigenvalue weighted by Gasteiger charge is -2.12. The molecule has 0 bridgehead atoms. The molecular formula is C13H19NO. The van der Waals surface area contributed by atoms with E-state index in [4.69, 9.17) is 0 Å². The highest BCUT2D eigenvalue weighted by atomic mass is 16.3. The Morgan fingerprint density at radius 2 is 2.13 bits per heavy atom. The maximum atomic E-state index is 9.81. The first-order chi connectivity index (χ1) is 7.24. The summed E-state index contributed by atoms with van der Waals surface area (Å²) in [5.74, 6) is 0.393. The fourth-order valence-corrected chi connectivity index (χ4v) is 1.74. The van der Waals surface area contributed by atoms with Crippen LogP contribution in [0.4, 0.5) is 5.69 Å². The molecule has 0 fully saturated rings. The Kier molecular flexibility index (Phi) is 4.22. The monoisotopic (exact) mass is 205 g/mol. The number of phenols is 1. The second-order valence-corrected chi connectivity index (χ2v) is 3.52. The molecule has 0 aliphatic carbocycles. The quantitative estimate of drug-likeness (QED) is 0.738. The molecule has 2 nitrogen and oxygen atoms in total. The Labute approximate surface area is 91.6 Å². The van der Waals surface area contributed by atoms with Crippen LogP contribution in [0.2, 0.25) is 0 Å². The molecule has 15 heavy (non-hydrogen) atoms. The van der Waals surface area contributed by atoms with Crippen molar-refractivity contribution in [3.05, 3.63) is 29.3 Å². The first-order valence-corrected chi connectivity index (χ1v) is 5.39. The van der Waals surface area contributed by atoms with Gasteiger partial charge >= 0.3 is 0 Å². The van der Waals surface area contributed by atoms with Crippen LogP contribution in [0, 0.1) is 0 Å². The van der Waals surface area contributed by atoms with Gasteiger partial charge in [-0.25, -0.2) is 0 Å². The molecule has 2 N–H and O–H groups in total. The SMILES string of the molecule is C/C=C/c1c(NC)ccc(O)c1CCC. The average Bonchev–Trinajstić information content (AvgIpc) is 2.24. The molecule has 0 saturated heterocycles. The lowest BCUT2D eigenvalue weighted by molar-refractivity contribution is 0.467. The summed E-state index contributed by atoms with van der Waals surface area (Å²) in [6.45, 7) is 4.10. The summed E-state index contributed by atoms with van der Waals surface area (Å²) < 4.78 is 0. The molecule has 0 radical (unpaired) electrons. The van der Waals surface area contributed by atoms with E-state index in [2.05, 4.69) is 12.2 Å². The first kappa shape index (κ1) is 11.6. The van der Waals surface area contributed by atoms with E-state index >= 15 is 0 Å². The Balaban J connectivity index is 3.29. The van der Waals surface area contributed by atoms with Crippen molar-refractivity contribution < 1.29 is 5.11 Å². The predicted octanol–water partition coefficient (Wildman–Crippen LogP) is 3.42. The highest BCUT2D eigenvalue weighted by Crippen LogP contribution is 2.30. The molecule has 0 saturated carbocycles. The molecule has 0 aromatic heterocycles. The number of aromatic hydroxyl groups is 1. The van der Waals surface area contributed by atoms with E-state index in [0.29, 0.717) is 5.75 Å². The Bertz CT molecular complexity index is 356. The summed E-state index contributed by atoms with van der Waals surface area (Å²) in [6.07, 6.45) is 5.97. The zero-order chi connectivity index (χ0) is 11.3. The number of benzene rings is 1. The van der Waals surface area contributed by atoms with E-state index < -0.39 is 0 Å². The largest absolute Gasteiger partial charge is 0.508 e. The minimum Gasteiger partial charge on any atom is -0.508 e. The standard InChI is InChI=1S/C13H19NO/c1-4-6-10-11(7-5-2)13(15)9-8-12(10)14-3/h4,6,8-9,14-15H,5,7H2,1-3H3/b6-4+. The van der Waals surface area contributed by atoms with Gasteiger partial charge in [-0.05, 0) is 25.5 Å². The normalized spacial score (nSPS) is 10.9. The van der Waals surface area contributed by atoms with E-state index in [1.54, 1.807) is 6.07 Å². The molecule has 1 aromatic carbocycles. The number of rotatable bonds is 4. The molecule has 0 amide bonds. The van der Waals surface area contributed by atoms with Gasteiger partial charge in [0, 0.05) is 23.9 Å². The van der Waals surface area contributed by atoms with Gasteiger partial charge in [-0.15, -0.1) is 0 Å². The van der Waals surface area contributed by atoms with Crippen LogP contribution in [-0.2, 0) is 6.42 Å². The first-order valence-electron chi connectivity index (χ1n) is 5.39. The highest BCUT2D eigenvalue weighted by molar-refractivity contribution is 5.72. The minimum atomic E-state index is 0.393. The van der Waals surface area contributed by atoms with Crippen LogP contribution in [-0.4, -0.2) is 12.2 Å². The number of allylic oxidation sites excluding steroid dienone is 1. The number of hydrogen-bond acceptors (Lipinski definition) is 2. The molecule has 0 atom stereocenters. The van der Waals surface area contributed by atoms with E-state index in [-0.39, 0.29) is 0 Å². The Morgan fingerprint density at radius 1 is 1.40 bits per heavy atom. The molecule has 0 spiro atoms. The average molecular weight is 205 g/mol. The van der Waals surface area contributed by atoms with Crippen molar-refractivity contribution in [2.24, 2.45) is 0 Å². The van der Waals surface area contributed by atoms with Crippen molar-refractivity contribution in [1.82, 2.24) is 0 Å². The van der Waals surface area contributed by atoms with Crippen LogP contribution < -0.4 is 5.32 Å². The van der Waals surface area contributed by atoms with Gasteiger partial charge in [0.25, 0.3) is 0 Å². The molecule has 82 valence electrons. The Hall–Kier alpha value is -1.44. The zero-order valence-electron chi connectivity index (χ0n) is 9.67. The topological polar surface area (TPSA) is 32.3 Å². The van der Waals surface area contributed by atoms with Crippen LogP contribution in [0.15, 0.2) is 18.2 Å². The van der Waals surface area contributed by atoms with Gasteiger partial charge in [0.15, 0.2) is 0 Å². The maximum absolute atomic E-state index is 9.81. The van der Waals surface area contributed by atoms with Gasteiger partial charge in [0.2, 0.25) is 0 Å². The fourth-order valence-electron chi connectivity index (χ4n) is 1.74. The van der Waals surface area contributed by atoms with Gasteiger partial charge < -0.3 is 10.4 Å². The summed E-state index contributed by atoms with van der Waals surface area (Å²) in [6, 6.07) is 3.66. The van der Waals surface area contributed by atoms with Crippen molar-refractivity contribution in [3.8, 4) is 5.75 Å². The Morgan fingerprint density at radius 3 is 2.67 bits per heavy atom.